The van der Waals surface area contributed by atoms with Crippen LogP contribution >= 0.6 is 0 Å². The van der Waals surface area contributed by atoms with Gasteiger partial charge in [-0.2, -0.15) is 0 Å². The summed E-state index contributed by atoms with van der Waals surface area (Å²) in [5.74, 6) is 1.11. The number of carbonyl (C=O) groups excluding carboxylic acids is 1. The van der Waals surface area contributed by atoms with Gasteiger partial charge in [0, 0.05) is 11.9 Å². The Labute approximate surface area is 197 Å². The van der Waals surface area contributed by atoms with Crippen LogP contribution in [0.5, 0.6) is 0 Å². The molecule has 3 aromatic rings. The number of nitrogens with one attached hydrogen (secondary N) is 2. The normalized spacial score (nSPS) is 24.0. The minimum Gasteiger partial charge on any atom is -0.463 e. The second-order valence-electron chi connectivity index (χ2n) is 9.49. The number of anilines is 2. The van der Waals surface area contributed by atoms with Gasteiger partial charge in [-0.3, -0.25) is 5.32 Å². The van der Waals surface area contributed by atoms with Crippen LogP contribution in [0.3, 0.4) is 0 Å². The zero-order valence-electron chi connectivity index (χ0n) is 19.4. The highest BCUT2D eigenvalue weighted by Crippen LogP contribution is 2.31. The summed E-state index contributed by atoms with van der Waals surface area (Å²) in [6.07, 6.45) is 1.59. The van der Waals surface area contributed by atoms with Crippen molar-refractivity contribution >= 4 is 17.7 Å². The molecule has 0 aliphatic carbocycles. The molecule has 5 rings (SSSR count). The van der Waals surface area contributed by atoms with Crippen molar-refractivity contribution < 1.29 is 23.4 Å². The van der Waals surface area contributed by atoms with E-state index in [9.17, 15) is 4.79 Å². The Kier molecular flexibility index (Phi) is 5.97. The van der Waals surface area contributed by atoms with Crippen LogP contribution in [0.25, 0.3) is 11.5 Å². The second kappa shape index (κ2) is 9.08. The molecule has 4 heterocycles. The van der Waals surface area contributed by atoms with Crippen LogP contribution in [0.15, 0.2) is 59.3 Å². The van der Waals surface area contributed by atoms with Crippen molar-refractivity contribution in [2.75, 3.05) is 23.8 Å². The van der Waals surface area contributed by atoms with Crippen LogP contribution in [0.2, 0.25) is 0 Å². The van der Waals surface area contributed by atoms with Crippen LogP contribution in [0.1, 0.15) is 26.3 Å². The fraction of sp³-hybridized carbons (Fsp3) is 0.400. The average Bonchev–Trinajstić information content (AvgIpc) is 3.54. The Morgan fingerprint density at radius 3 is 2.59 bits per heavy atom. The maximum absolute atomic E-state index is 12.5. The summed E-state index contributed by atoms with van der Waals surface area (Å²) in [6.45, 7) is 7.08. The van der Waals surface area contributed by atoms with Crippen LogP contribution in [0.4, 0.5) is 16.4 Å². The fourth-order valence-corrected chi connectivity index (χ4v) is 4.18. The number of carbonyl (C=O) groups is 1. The monoisotopic (exact) mass is 464 g/mol. The van der Waals surface area contributed by atoms with Crippen molar-refractivity contribution in [2.24, 2.45) is 0 Å². The summed E-state index contributed by atoms with van der Waals surface area (Å²) in [6, 6.07) is 13.0. The molecule has 9 nitrogen and oxygen atoms in total. The van der Waals surface area contributed by atoms with Crippen molar-refractivity contribution in [1.29, 1.82) is 0 Å². The first kappa shape index (κ1) is 22.4. The van der Waals surface area contributed by atoms with E-state index in [1.54, 1.807) is 18.5 Å². The number of fused-ring (bicyclic) bond motifs is 1. The summed E-state index contributed by atoms with van der Waals surface area (Å²) in [5.41, 5.74) is 2.59. The maximum Gasteiger partial charge on any atom is 0.412 e. The topological polar surface area (TPSA) is 108 Å². The van der Waals surface area contributed by atoms with E-state index in [1.807, 2.05) is 36.4 Å². The summed E-state index contributed by atoms with van der Waals surface area (Å²) in [5, 5.41) is 6.06. The van der Waals surface area contributed by atoms with Crippen molar-refractivity contribution in [2.45, 2.75) is 50.5 Å². The third kappa shape index (κ3) is 4.76. The minimum atomic E-state index is -0.535. The standard InChI is InChI=1S/C25H28N4O5/c1-25(2,3)15-6-8-16(9-7-15)27-24(30)34-20-14-33-21-18(13-32-22(20)21)29-23-26-11-10-17(28-23)19-5-4-12-31-19/h4-12,18,20-22H,13-14H2,1-3H3,(H,27,30)(H,26,28,29). The smallest absolute Gasteiger partial charge is 0.412 e. The van der Waals surface area contributed by atoms with E-state index in [0.29, 0.717) is 29.7 Å². The number of nitrogens with zero attached hydrogens (tertiary/aromatic N) is 2. The van der Waals surface area contributed by atoms with Crippen molar-refractivity contribution in [3.8, 4) is 11.5 Å². The fourth-order valence-electron chi connectivity index (χ4n) is 4.18. The van der Waals surface area contributed by atoms with Crippen LogP contribution in [-0.2, 0) is 19.6 Å². The number of aromatic nitrogens is 2. The highest BCUT2D eigenvalue weighted by molar-refractivity contribution is 5.84. The molecule has 0 saturated carbocycles. The molecule has 4 unspecified atom stereocenters. The lowest BCUT2D eigenvalue weighted by Crippen LogP contribution is -2.38. The Morgan fingerprint density at radius 2 is 1.85 bits per heavy atom. The summed E-state index contributed by atoms with van der Waals surface area (Å²) >= 11 is 0. The molecule has 0 bridgehead atoms. The third-order valence-electron chi connectivity index (χ3n) is 6.01. The highest BCUT2D eigenvalue weighted by Gasteiger charge is 2.49. The first-order chi connectivity index (χ1) is 16.4. The number of rotatable bonds is 5. The number of hydrogen-bond acceptors (Lipinski definition) is 8. The summed E-state index contributed by atoms with van der Waals surface area (Å²) in [7, 11) is 0. The van der Waals surface area contributed by atoms with E-state index < -0.39 is 12.2 Å². The molecular formula is C25H28N4O5. The van der Waals surface area contributed by atoms with Crippen LogP contribution in [-0.4, -0.2) is 53.6 Å². The van der Waals surface area contributed by atoms with Gasteiger partial charge in [-0.25, -0.2) is 14.8 Å². The van der Waals surface area contributed by atoms with Gasteiger partial charge < -0.3 is 23.9 Å². The zero-order chi connectivity index (χ0) is 23.7. The second-order valence-corrected chi connectivity index (χ2v) is 9.49. The van der Waals surface area contributed by atoms with Gasteiger partial charge in [-0.05, 0) is 41.3 Å². The average molecular weight is 465 g/mol. The van der Waals surface area contributed by atoms with Crippen molar-refractivity contribution in [3.05, 3.63) is 60.5 Å². The molecule has 34 heavy (non-hydrogen) atoms. The van der Waals surface area contributed by atoms with Gasteiger partial charge >= 0.3 is 6.09 Å². The van der Waals surface area contributed by atoms with Gasteiger partial charge in [-0.15, -0.1) is 0 Å². The molecular weight excluding hydrogens is 436 g/mol. The Hall–Kier alpha value is -3.43. The third-order valence-corrected chi connectivity index (χ3v) is 6.01. The number of amides is 1. The molecule has 1 amide bonds. The number of furan rings is 1. The highest BCUT2D eigenvalue weighted by atomic mass is 16.6. The first-order valence-corrected chi connectivity index (χ1v) is 11.3. The lowest BCUT2D eigenvalue weighted by molar-refractivity contribution is 0.00917. The molecule has 4 atom stereocenters. The predicted molar refractivity (Wildman–Crippen MR) is 126 cm³/mol. The lowest BCUT2D eigenvalue weighted by atomic mass is 9.87. The first-order valence-electron chi connectivity index (χ1n) is 11.3. The molecule has 0 radical (unpaired) electrons. The quantitative estimate of drug-likeness (QED) is 0.578. The molecule has 9 heteroatoms. The Bertz CT molecular complexity index is 1130. The van der Waals surface area contributed by atoms with E-state index in [-0.39, 0.29) is 30.3 Å². The molecule has 2 N–H and O–H groups in total. The molecule has 1 aromatic carbocycles. The lowest BCUT2D eigenvalue weighted by Gasteiger charge is -2.20. The van der Waals surface area contributed by atoms with Crippen LogP contribution in [0, 0.1) is 0 Å². The molecule has 2 aromatic heterocycles. The van der Waals surface area contributed by atoms with Gasteiger partial charge in [0.1, 0.15) is 17.9 Å². The van der Waals surface area contributed by atoms with E-state index in [4.69, 9.17) is 18.6 Å². The summed E-state index contributed by atoms with van der Waals surface area (Å²) < 4.78 is 22.9. The summed E-state index contributed by atoms with van der Waals surface area (Å²) in [4.78, 5) is 21.3. The number of benzene rings is 1. The van der Waals surface area contributed by atoms with Gasteiger partial charge in [0.15, 0.2) is 11.9 Å². The van der Waals surface area contributed by atoms with Gasteiger partial charge in [0.25, 0.3) is 0 Å². The predicted octanol–water partition coefficient (Wildman–Crippen LogP) is 4.23. The number of hydrogen-bond donors (Lipinski definition) is 2. The van der Waals surface area contributed by atoms with Crippen molar-refractivity contribution in [1.82, 2.24) is 9.97 Å². The molecule has 2 saturated heterocycles. The maximum atomic E-state index is 12.5. The molecule has 2 fully saturated rings. The Morgan fingerprint density at radius 1 is 1.06 bits per heavy atom. The van der Waals surface area contributed by atoms with Gasteiger partial charge in [-0.1, -0.05) is 32.9 Å². The molecule has 2 aliphatic rings. The largest absolute Gasteiger partial charge is 0.463 e. The molecule has 178 valence electrons. The van der Waals surface area contributed by atoms with Crippen LogP contribution < -0.4 is 10.6 Å². The Balaban J connectivity index is 1.16. The van der Waals surface area contributed by atoms with E-state index in [2.05, 4.69) is 41.4 Å². The molecule has 2 aliphatic heterocycles. The zero-order valence-corrected chi connectivity index (χ0v) is 19.4. The van der Waals surface area contributed by atoms with Gasteiger partial charge in [0.2, 0.25) is 5.95 Å². The SMILES string of the molecule is CC(C)(C)c1ccc(NC(=O)OC2COC3C(Nc4nccc(-c5ccco5)n4)COC23)cc1. The number of ether oxygens (including phenoxy) is 3. The van der Waals surface area contributed by atoms with E-state index >= 15 is 0 Å². The van der Waals surface area contributed by atoms with E-state index in [0.717, 1.165) is 0 Å². The van der Waals surface area contributed by atoms with E-state index in [1.165, 1.54) is 5.56 Å². The van der Waals surface area contributed by atoms with Gasteiger partial charge in [0.05, 0.1) is 25.5 Å². The van der Waals surface area contributed by atoms with Crippen molar-refractivity contribution in [3.63, 3.8) is 0 Å². The molecule has 0 spiro atoms. The minimum absolute atomic E-state index is 0.0464.